The summed E-state index contributed by atoms with van der Waals surface area (Å²) in [7, 11) is -3.93. The van der Waals surface area contributed by atoms with Gasteiger partial charge in [-0.25, -0.2) is 0 Å². The van der Waals surface area contributed by atoms with Crippen molar-refractivity contribution in [3.05, 3.63) is 11.8 Å². The number of carbonyl (C=O) groups excluding carboxylic acids is 1. The number of hydrogen-bond acceptors (Lipinski definition) is 5. The van der Waals surface area contributed by atoms with Crippen LogP contribution in [-0.4, -0.2) is 36.8 Å². The first-order valence-corrected chi connectivity index (χ1v) is 7.42. The Kier molecular flexibility index (Phi) is 5.64. The summed E-state index contributed by atoms with van der Waals surface area (Å²) in [5.74, 6) is -0.396. The fourth-order valence-electron chi connectivity index (χ4n) is 1.68. The van der Waals surface area contributed by atoms with Gasteiger partial charge in [-0.05, 0) is 24.8 Å². The van der Waals surface area contributed by atoms with Crippen molar-refractivity contribution >= 4 is 22.1 Å². The highest BCUT2D eigenvalue weighted by Crippen LogP contribution is 2.14. The highest BCUT2D eigenvalue weighted by atomic mass is 32.2. The maximum atomic E-state index is 11.7. The van der Waals surface area contributed by atoms with Crippen LogP contribution in [0.15, 0.2) is 16.8 Å². The molecule has 102 valence electrons. The molecule has 3 N–H and O–H groups in total. The summed E-state index contributed by atoms with van der Waals surface area (Å²) in [5.41, 5.74) is 6.79. The van der Waals surface area contributed by atoms with Crippen molar-refractivity contribution in [2.24, 2.45) is 10.7 Å². The van der Waals surface area contributed by atoms with Crippen LogP contribution in [0.3, 0.4) is 0 Å². The first-order chi connectivity index (χ1) is 8.38. The normalized spacial score (nSPS) is 16.7. The quantitative estimate of drug-likeness (QED) is 0.500. The van der Waals surface area contributed by atoms with Gasteiger partial charge >= 0.3 is 0 Å². The third-order valence-electron chi connectivity index (χ3n) is 2.69. The van der Waals surface area contributed by atoms with Crippen molar-refractivity contribution in [3.8, 4) is 0 Å². The van der Waals surface area contributed by atoms with Crippen molar-refractivity contribution in [1.29, 1.82) is 0 Å². The predicted molar refractivity (Wildman–Crippen MR) is 69.1 cm³/mol. The van der Waals surface area contributed by atoms with Crippen LogP contribution in [0.25, 0.3) is 0 Å². The molecule has 1 atom stereocenters. The lowest BCUT2D eigenvalue weighted by Crippen LogP contribution is -2.30. The first-order valence-electron chi connectivity index (χ1n) is 5.81. The van der Waals surface area contributed by atoms with Gasteiger partial charge in [-0.2, -0.15) is 8.42 Å². The van der Waals surface area contributed by atoms with Gasteiger partial charge in [-0.1, -0.05) is 0 Å². The second-order valence-electron chi connectivity index (χ2n) is 4.34. The molecule has 1 aliphatic heterocycles. The Morgan fingerprint density at radius 3 is 2.78 bits per heavy atom. The standard InChI is InChI=1S/C11H18N2O4S/c12-10(7-9-4-5-13-8-9)11(14)3-1-2-6-18(15,16)17/h5,8,10H,1-4,6-7,12H2,(H,15,16,17)/t10-/m0/s1. The number of unbranched alkanes of at least 4 members (excludes halogenated alkanes) is 1. The topological polar surface area (TPSA) is 110 Å². The van der Waals surface area contributed by atoms with Crippen LogP contribution in [0, 0.1) is 0 Å². The summed E-state index contributed by atoms with van der Waals surface area (Å²) in [5, 5.41) is 0. The van der Waals surface area contributed by atoms with Crippen molar-refractivity contribution in [2.75, 3.05) is 5.75 Å². The summed E-state index contributed by atoms with van der Waals surface area (Å²) in [4.78, 5) is 15.6. The van der Waals surface area contributed by atoms with E-state index in [4.69, 9.17) is 10.3 Å². The lowest BCUT2D eigenvalue weighted by Gasteiger charge is -2.10. The van der Waals surface area contributed by atoms with Crippen LogP contribution in [0.2, 0.25) is 0 Å². The highest BCUT2D eigenvalue weighted by Gasteiger charge is 2.16. The average Bonchev–Trinajstić information content (AvgIpc) is 2.75. The van der Waals surface area contributed by atoms with E-state index in [-0.39, 0.29) is 24.4 Å². The Morgan fingerprint density at radius 1 is 1.50 bits per heavy atom. The molecule has 1 rings (SSSR count). The number of aliphatic imine (C=N–C) groups is 1. The van der Waals surface area contributed by atoms with Crippen molar-refractivity contribution < 1.29 is 17.8 Å². The van der Waals surface area contributed by atoms with Crippen molar-refractivity contribution in [3.63, 3.8) is 0 Å². The Hall–Kier alpha value is -1.05. The van der Waals surface area contributed by atoms with E-state index in [9.17, 15) is 13.2 Å². The highest BCUT2D eigenvalue weighted by molar-refractivity contribution is 7.85. The number of nitrogens with zero attached hydrogens (tertiary/aromatic N) is 1. The monoisotopic (exact) mass is 274 g/mol. The lowest BCUT2D eigenvalue weighted by molar-refractivity contribution is -0.120. The third kappa shape index (κ3) is 6.04. The molecule has 1 heterocycles. The van der Waals surface area contributed by atoms with E-state index in [0.717, 1.165) is 12.0 Å². The van der Waals surface area contributed by atoms with Crippen molar-refractivity contribution in [1.82, 2.24) is 0 Å². The van der Waals surface area contributed by atoms with Gasteiger partial charge < -0.3 is 5.73 Å². The summed E-state index contributed by atoms with van der Waals surface area (Å²) < 4.78 is 29.5. The molecule has 1 aliphatic rings. The number of carbonyl (C=O) groups is 1. The molecule has 0 amide bonds. The van der Waals surface area contributed by atoms with E-state index in [1.165, 1.54) is 0 Å². The van der Waals surface area contributed by atoms with Gasteiger partial charge in [0.25, 0.3) is 10.1 Å². The second kappa shape index (κ2) is 6.77. The molecule has 0 bridgehead atoms. The second-order valence-corrected chi connectivity index (χ2v) is 5.92. The Bertz CT molecular complexity index is 454. The van der Waals surface area contributed by atoms with Crippen molar-refractivity contribution in [2.45, 2.75) is 38.1 Å². The maximum Gasteiger partial charge on any atom is 0.264 e. The van der Waals surface area contributed by atoms with Gasteiger partial charge in [0.05, 0.1) is 11.8 Å². The zero-order valence-electron chi connectivity index (χ0n) is 10.1. The molecule has 0 aromatic carbocycles. The smallest absolute Gasteiger partial charge is 0.264 e. The van der Waals surface area contributed by atoms with Gasteiger partial charge in [0.1, 0.15) is 5.78 Å². The molecular weight excluding hydrogens is 256 g/mol. The van der Waals surface area contributed by atoms with Gasteiger partial charge in [0.15, 0.2) is 0 Å². The van der Waals surface area contributed by atoms with E-state index >= 15 is 0 Å². The van der Waals surface area contributed by atoms with Crippen LogP contribution in [0.1, 0.15) is 32.1 Å². The molecule has 0 aliphatic carbocycles. The molecule has 7 heteroatoms. The molecular formula is C11H18N2O4S. The number of nitrogens with two attached hydrogens (primary N) is 1. The zero-order chi connectivity index (χ0) is 13.6. The predicted octanol–water partition coefficient (Wildman–Crippen LogP) is 0.689. The number of ketones is 1. The van der Waals surface area contributed by atoms with E-state index in [2.05, 4.69) is 4.99 Å². The zero-order valence-corrected chi connectivity index (χ0v) is 10.9. The number of rotatable bonds is 8. The maximum absolute atomic E-state index is 11.7. The summed E-state index contributed by atoms with van der Waals surface area (Å²) in [6, 6.07) is -0.552. The molecule has 0 radical (unpaired) electrons. The van der Waals surface area contributed by atoms with Crippen LogP contribution in [0.5, 0.6) is 0 Å². The third-order valence-corrected chi connectivity index (χ3v) is 3.49. The van der Waals surface area contributed by atoms with Gasteiger partial charge in [-0.15, -0.1) is 0 Å². The van der Waals surface area contributed by atoms with Gasteiger partial charge in [-0.3, -0.25) is 14.3 Å². The van der Waals surface area contributed by atoms with Gasteiger partial charge in [0.2, 0.25) is 0 Å². The average molecular weight is 274 g/mol. The summed E-state index contributed by atoms with van der Waals surface area (Å²) in [6.45, 7) is 0. The summed E-state index contributed by atoms with van der Waals surface area (Å²) in [6.07, 6.45) is 5.64. The molecule has 0 fully saturated rings. The van der Waals surface area contributed by atoms with Crippen LogP contribution >= 0.6 is 0 Å². The minimum Gasteiger partial charge on any atom is -0.321 e. The number of hydrogen-bond donors (Lipinski definition) is 2. The van der Waals surface area contributed by atoms with Crippen LogP contribution in [-0.2, 0) is 14.9 Å². The SMILES string of the molecule is N[C@@H](CC1=CN=CC1)C(=O)CCCCS(=O)(=O)O. The minimum atomic E-state index is -3.93. The fourth-order valence-corrected chi connectivity index (χ4v) is 2.25. The molecule has 0 saturated heterocycles. The van der Waals surface area contributed by atoms with E-state index in [1.807, 2.05) is 0 Å². The largest absolute Gasteiger partial charge is 0.321 e. The van der Waals surface area contributed by atoms with E-state index < -0.39 is 16.2 Å². The molecule has 6 nitrogen and oxygen atoms in total. The minimum absolute atomic E-state index is 0.0851. The molecule has 0 spiro atoms. The molecule has 0 saturated carbocycles. The van der Waals surface area contributed by atoms with E-state index in [1.54, 1.807) is 12.4 Å². The van der Waals surface area contributed by atoms with Crippen LogP contribution in [0.4, 0.5) is 0 Å². The fraction of sp³-hybridized carbons (Fsp3) is 0.636. The molecule has 0 unspecified atom stereocenters. The molecule has 18 heavy (non-hydrogen) atoms. The Balaban J connectivity index is 2.19. The van der Waals surface area contributed by atoms with Crippen LogP contribution < -0.4 is 5.73 Å². The Labute approximate surface area is 107 Å². The van der Waals surface area contributed by atoms with Gasteiger partial charge in [0, 0.05) is 25.3 Å². The summed E-state index contributed by atoms with van der Waals surface area (Å²) >= 11 is 0. The lowest BCUT2D eigenvalue weighted by atomic mass is 10.00. The molecule has 0 aromatic rings. The Morgan fingerprint density at radius 2 is 2.22 bits per heavy atom. The first kappa shape index (κ1) is 15.0. The molecule has 0 aromatic heterocycles. The number of Topliss-reactive ketones (excluding diaryl/α,β-unsaturated/α-hetero) is 1. The van der Waals surface area contributed by atoms with E-state index in [0.29, 0.717) is 12.8 Å².